The molecule has 14 heteroatoms. The first kappa shape index (κ1) is 27.8. The van der Waals surface area contributed by atoms with Gasteiger partial charge in [0.1, 0.15) is 11.6 Å². The SMILES string of the molecule is O=C1CN(c2ccc(-c3ccc(S(=O)(=O)N4CC[C@@H](Nc5ccc(C(F)(F)F)cn5)[C@@H](O)C4)cc3)cn2)CCN1. The molecular weight excluding hydrogens is 549 g/mol. The van der Waals surface area contributed by atoms with Crippen molar-refractivity contribution in [2.75, 3.05) is 42.9 Å². The van der Waals surface area contributed by atoms with Crippen LogP contribution in [0.4, 0.5) is 24.8 Å². The number of pyridine rings is 2. The molecule has 0 bridgehead atoms. The quantitative estimate of drug-likeness (QED) is 0.408. The van der Waals surface area contributed by atoms with Gasteiger partial charge in [-0.2, -0.15) is 17.5 Å². The molecule has 212 valence electrons. The number of β-amino-alcohol motifs (C(OH)–C–C–N with tert-alkyl or cyclic N) is 1. The maximum atomic E-state index is 13.2. The van der Waals surface area contributed by atoms with Crippen molar-refractivity contribution in [3.05, 3.63) is 66.5 Å². The summed E-state index contributed by atoms with van der Waals surface area (Å²) in [7, 11) is -3.89. The third-order valence-corrected chi connectivity index (χ3v) is 8.78. The molecule has 5 rings (SSSR count). The summed E-state index contributed by atoms with van der Waals surface area (Å²) in [6.07, 6.45) is -2.99. The largest absolute Gasteiger partial charge is 0.417 e. The van der Waals surface area contributed by atoms with Crippen molar-refractivity contribution in [2.24, 2.45) is 0 Å². The van der Waals surface area contributed by atoms with Gasteiger partial charge in [0.2, 0.25) is 15.9 Å². The van der Waals surface area contributed by atoms with Gasteiger partial charge >= 0.3 is 6.18 Å². The Morgan fingerprint density at radius 3 is 2.33 bits per heavy atom. The average Bonchev–Trinajstić information content (AvgIpc) is 2.94. The number of anilines is 2. The number of aromatic nitrogens is 2. The number of alkyl halides is 3. The number of rotatable bonds is 6. The van der Waals surface area contributed by atoms with E-state index in [4.69, 9.17) is 0 Å². The lowest BCUT2D eigenvalue weighted by atomic mass is 10.0. The maximum absolute atomic E-state index is 13.2. The molecule has 40 heavy (non-hydrogen) atoms. The van der Waals surface area contributed by atoms with Crippen molar-refractivity contribution < 1.29 is 31.5 Å². The molecule has 0 saturated carbocycles. The van der Waals surface area contributed by atoms with Crippen LogP contribution >= 0.6 is 0 Å². The van der Waals surface area contributed by atoms with E-state index in [-0.39, 0.29) is 42.7 Å². The van der Waals surface area contributed by atoms with E-state index >= 15 is 0 Å². The van der Waals surface area contributed by atoms with Crippen LogP contribution in [0.3, 0.4) is 0 Å². The third kappa shape index (κ3) is 6.03. The molecule has 4 heterocycles. The van der Waals surface area contributed by atoms with Gasteiger partial charge in [0, 0.05) is 44.1 Å². The van der Waals surface area contributed by atoms with Gasteiger partial charge in [-0.3, -0.25) is 4.79 Å². The highest BCUT2D eigenvalue weighted by atomic mass is 32.2. The van der Waals surface area contributed by atoms with Crippen LogP contribution in [0.5, 0.6) is 0 Å². The van der Waals surface area contributed by atoms with Gasteiger partial charge in [-0.15, -0.1) is 0 Å². The highest BCUT2D eigenvalue weighted by Crippen LogP contribution is 2.30. The summed E-state index contributed by atoms with van der Waals surface area (Å²) in [6, 6.07) is 11.5. The molecule has 3 aromatic rings. The molecule has 0 aliphatic carbocycles. The second kappa shape index (κ2) is 11.0. The van der Waals surface area contributed by atoms with Gasteiger partial charge in [0.25, 0.3) is 0 Å². The molecule has 3 N–H and O–H groups in total. The number of sulfonamides is 1. The second-order valence-corrected chi connectivity index (χ2v) is 11.5. The number of piperidine rings is 1. The molecule has 1 aromatic carbocycles. The minimum absolute atomic E-state index is 0.0573. The number of amides is 1. The van der Waals surface area contributed by atoms with Crippen LogP contribution in [-0.4, -0.2) is 78.6 Å². The van der Waals surface area contributed by atoms with Crippen molar-refractivity contribution in [1.29, 1.82) is 0 Å². The number of hydrogen-bond donors (Lipinski definition) is 3. The number of carbonyl (C=O) groups excluding carboxylic acids is 1. The van der Waals surface area contributed by atoms with E-state index in [9.17, 15) is 31.5 Å². The predicted molar refractivity (Wildman–Crippen MR) is 141 cm³/mol. The fraction of sp³-hybridized carbons (Fsp3) is 0.346. The van der Waals surface area contributed by atoms with E-state index < -0.39 is 33.9 Å². The number of carbonyl (C=O) groups is 1. The number of piperazine rings is 1. The monoisotopic (exact) mass is 576 g/mol. The maximum Gasteiger partial charge on any atom is 0.417 e. The third-order valence-electron chi connectivity index (χ3n) is 6.90. The normalized spacial score (nSPS) is 20.7. The minimum atomic E-state index is -4.50. The molecule has 1 amide bonds. The first-order chi connectivity index (χ1) is 19.0. The average molecular weight is 577 g/mol. The highest BCUT2D eigenvalue weighted by molar-refractivity contribution is 7.89. The van der Waals surface area contributed by atoms with Crippen LogP contribution in [0.1, 0.15) is 12.0 Å². The molecular formula is C26H27F3N6O4S. The smallest absolute Gasteiger partial charge is 0.390 e. The molecule has 2 aliphatic heterocycles. The lowest BCUT2D eigenvalue weighted by molar-refractivity contribution is -0.137. The van der Waals surface area contributed by atoms with E-state index in [2.05, 4.69) is 20.6 Å². The van der Waals surface area contributed by atoms with Gasteiger partial charge in [-0.25, -0.2) is 18.4 Å². The Balaban J connectivity index is 1.21. The van der Waals surface area contributed by atoms with Gasteiger partial charge in [0.15, 0.2) is 0 Å². The van der Waals surface area contributed by atoms with Gasteiger partial charge < -0.3 is 20.6 Å². The summed E-state index contributed by atoms with van der Waals surface area (Å²) >= 11 is 0. The Hall–Kier alpha value is -3.75. The molecule has 2 aromatic heterocycles. The summed E-state index contributed by atoms with van der Waals surface area (Å²) in [5.74, 6) is 0.786. The number of nitrogens with one attached hydrogen (secondary N) is 2. The Morgan fingerprint density at radius 2 is 1.73 bits per heavy atom. The van der Waals surface area contributed by atoms with Crippen LogP contribution in [0.15, 0.2) is 65.8 Å². The van der Waals surface area contributed by atoms with Crippen molar-refractivity contribution in [3.8, 4) is 11.1 Å². The Labute approximate surface area is 228 Å². The lowest BCUT2D eigenvalue weighted by Gasteiger charge is -2.35. The first-order valence-corrected chi connectivity index (χ1v) is 14.0. The number of aliphatic hydroxyl groups is 1. The molecule has 0 radical (unpaired) electrons. The Bertz CT molecular complexity index is 1450. The van der Waals surface area contributed by atoms with Crippen LogP contribution < -0.4 is 15.5 Å². The molecule has 0 spiro atoms. The summed E-state index contributed by atoms with van der Waals surface area (Å²) in [4.78, 5) is 21.8. The predicted octanol–water partition coefficient (Wildman–Crippen LogP) is 2.33. The second-order valence-electron chi connectivity index (χ2n) is 9.60. The minimum Gasteiger partial charge on any atom is -0.390 e. The molecule has 0 unspecified atom stereocenters. The van der Waals surface area contributed by atoms with E-state index in [1.54, 1.807) is 18.3 Å². The highest BCUT2D eigenvalue weighted by Gasteiger charge is 2.35. The summed E-state index contributed by atoms with van der Waals surface area (Å²) in [5, 5.41) is 16.3. The molecule has 2 atom stereocenters. The van der Waals surface area contributed by atoms with Crippen LogP contribution in [0.2, 0.25) is 0 Å². The Morgan fingerprint density at radius 1 is 0.975 bits per heavy atom. The molecule has 2 aliphatic rings. The van der Waals surface area contributed by atoms with E-state index in [0.29, 0.717) is 25.1 Å². The zero-order chi connectivity index (χ0) is 28.5. The summed E-state index contributed by atoms with van der Waals surface area (Å²) < 4.78 is 66.0. The number of nitrogens with zero attached hydrogens (tertiary/aromatic N) is 4. The molecule has 2 fully saturated rings. The van der Waals surface area contributed by atoms with Crippen molar-refractivity contribution in [3.63, 3.8) is 0 Å². The standard InChI is InChI=1S/C26H27F3N6O4S/c27-26(28,29)19-4-7-23(31-14-19)33-21-9-11-35(15-22(21)36)40(38,39)20-5-1-17(2-6-20)18-3-8-24(32-13-18)34-12-10-30-25(37)16-34/h1-8,13-14,21-22,36H,9-12,15-16H2,(H,30,37)(H,31,33)/t21-,22+/m1/s1. The van der Waals surface area contributed by atoms with Crippen LogP contribution in [0, 0.1) is 0 Å². The van der Waals surface area contributed by atoms with Crippen molar-refractivity contribution >= 4 is 27.6 Å². The molecule has 2 saturated heterocycles. The zero-order valence-electron chi connectivity index (χ0n) is 21.2. The summed E-state index contributed by atoms with van der Waals surface area (Å²) in [6.45, 7) is 1.40. The van der Waals surface area contributed by atoms with E-state index in [0.717, 1.165) is 17.2 Å². The van der Waals surface area contributed by atoms with Gasteiger partial charge in [-0.1, -0.05) is 12.1 Å². The van der Waals surface area contributed by atoms with E-state index in [1.807, 2.05) is 17.0 Å². The van der Waals surface area contributed by atoms with Crippen molar-refractivity contribution in [2.45, 2.75) is 29.6 Å². The number of aliphatic hydroxyl groups excluding tert-OH is 1. The summed E-state index contributed by atoms with van der Waals surface area (Å²) in [5.41, 5.74) is 0.668. The lowest BCUT2D eigenvalue weighted by Crippen LogP contribution is -2.51. The fourth-order valence-corrected chi connectivity index (χ4v) is 6.15. The number of benzene rings is 1. The fourth-order valence-electron chi connectivity index (χ4n) is 4.67. The van der Waals surface area contributed by atoms with Crippen LogP contribution in [-0.2, 0) is 21.0 Å². The van der Waals surface area contributed by atoms with E-state index in [1.165, 1.54) is 22.5 Å². The van der Waals surface area contributed by atoms with Gasteiger partial charge in [-0.05, 0) is 48.4 Å². The zero-order valence-corrected chi connectivity index (χ0v) is 22.0. The first-order valence-electron chi connectivity index (χ1n) is 12.6. The topological polar surface area (TPSA) is 128 Å². The Kier molecular flexibility index (Phi) is 7.66. The van der Waals surface area contributed by atoms with Crippen LogP contribution in [0.25, 0.3) is 11.1 Å². The molecule has 10 nitrogen and oxygen atoms in total. The van der Waals surface area contributed by atoms with Crippen molar-refractivity contribution in [1.82, 2.24) is 19.6 Å². The number of hydrogen-bond acceptors (Lipinski definition) is 8. The number of halogens is 3. The van der Waals surface area contributed by atoms with Gasteiger partial charge in [0.05, 0.1) is 29.1 Å².